The van der Waals surface area contributed by atoms with Gasteiger partial charge in [-0.25, -0.2) is 0 Å². The number of carbonyl (C=O) groups excluding carboxylic acids is 1. The first kappa shape index (κ1) is 16.2. The molecule has 4 heteroatoms. The van der Waals surface area contributed by atoms with Crippen molar-refractivity contribution in [2.24, 2.45) is 0 Å². The van der Waals surface area contributed by atoms with E-state index in [1.54, 1.807) is 4.90 Å². The van der Waals surface area contributed by atoms with E-state index in [-0.39, 0.29) is 12.1 Å². The van der Waals surface area contributed by atoms with Crippen molar-refractivity contribution in [2.45, 2.75) is 20.0 Å². The van der Waals surface area contributed by atoms with Crippen LogP contribution in [0.2, 0.25) is 0 Å². The van der Waals surface area contributed by atoms with Crippen molar-refractivity contribution in [3.63, 3.8) is 0 Å². The fraction of sp³-hybridized carbons (Fsp3) is 0.136. The molecule has 0 aliphatic carbocycles. The van der Waals surface area contributed by atoms with Gasteiger partial charge in [-0.2, -0.15) is 0 Å². The largest absolute Gasteiger partial charge is 0.507 e. The molecule has 0 bridgehead atoms. The highest BCUT2D eigenvalue weighted by atomic mass is 16.3. The first-order chi connectivity index (χ1) is 12.6. The molecule has 1 heterocycles. The van der Waals surface area contributed by atoms with E-state index in [2.05, 4.69) is 5.32 Å². The van der Waals surface area contributed by atoms with Crippen LogP contribution in [-0.4, -0.2) is 11.0 Å². The molecule has 3 aromatic rings. The lowest BCUT2D eigenvalue weighted by atomic mass is 9.99. The third kappa shape index (κ3) is 2.60. The van der Waals surface area contributed by atoms with Crippen LogP contribution in [0.25, 0.3) is 0 Å². The van der Waals surface area contributed by atoms with Crippen molar-refractivity contribution in [2.75, 3.05) is 10.2 Å². The fourth-order valence-electron chi connectivity index (χ4n) is 3.49. The number of hydrogen-bond donors (Lipinski definition) is 2. The highest BCUT2D eigenvalue weighted by molar-refractivity contribution is 6.12. The molecular formula is C22H20N2O2. The molecule has 1 aliphatic heterocycles. The van der Waals surface area contributed by atoms with E-state index in [0.29, 0.717) is 11.3 Å². The number of phenols is 1. The number of fused-ring (bicyclic) bond motifs is 1. The number of carbonyl (C=O) groups is 1. The molecule has 130 valence electrons. The Morgan fingerprint density at radius 3 is 2.23 bits per heavy atom. The fourth-order valence-corrected chi connectivity index (χ4v) is 3.49. The number of benzene rings is 3. The molecule has 1 aliphatic rings. The maximum atomic E-state index is 13.3. The van der Waals surface area contributed by atoms with Gasteiger partial charge in [-0.3, -0.25) is 9.69 Å². The predicted octanol–water partition coefficient (Wildman–Crippen LogP) is 4.78. The van der Waals surface area contributed by atoms with Gasteiger partial charge in [0.2, 0.25) is 0 Å². The van der Waals surface area contributed by atoms with Crippen LogP contribution in [0.15, 0.2) is 66.7 Å². The van der Waals surface area contributed by atoms with Gasteiger partial charge in [-0.1, -0.05) is 30.3 Å². The Morgan fingerprint density at radius 2 is 1.54 bits per heavy atom. The summed E-state index contributed by atoms with van der Waals surface area (Å²) < 4.78 is 0. The van der Waals surface area contributed by atoms with E-state index in [1.165, 1.54) is 0 Å². The topological polar surface area (TPSA) is 52.6 Å². The van der Waals surface area contributed by atoms with E-state index in [9.17, 15) is 9.90 Å². The Hall–Kier alpha value is -3.27. The highest BCUT2D eigenvalue weighted by Gasteiger charge is 2.34. The number of hydrogen-bond acceptors (Lipinski definition) is 3. The summed E-state index contributed by atoms with van der Waals surface area (Å²) in [6, 6.07) is 21.0. The maximum Gasteiger partial charge on any atom is 0.262 e. The average molecular weight is 344 g/mol. The van der Waals surface area contributed by atoms with E-state index in [0.717, 1.165) is 28.1 Å². The summed E-state index contributed by atoms with van der Waals surface area (Å²) in [5.41, 5.74) is 4.82. The summed E-state index contributed by atoms with van der Waals surface area (Å²) in [5.74, 6) is 0.251. The van der Waals surface area contributed by atoms with Gasteiger partial charge in [0.15, 0.2) is 0 Å². The number of phenolic OH excluding ortho intramolecular Hbond substituents is 1. The lowest BCUT2D eigenvalue weighted by molar-refractivity contribution is 0.0975. The number of aryl methyl sites for hydroxylation is 2. The lowest BCUT2D eigenvalue weighted by Crippen LogP contribution is -2.43. The highest BCUT2D eigenvalue weighted by Crippen LogP contribution is 2.38. The molecule has 4 rings (SSSR count). The van der Waals surface area contributed by atoms with Gasteiger partial charge in [0, 0.05) is 11.4 Å². The molecule has 26 heavy (non-hydrogen) atoms. The first-order valence-corrected chi connectivity index (χ1v) is 8.60. The van der Waals surface area contributed by atoms with Crippen molar-refractivity contribution in [3.8, 4) is 5.75 Å². The normalized spacial score (nSPS) is 16.2. The molecule has 2 N–H and O–H groups in total. The quantitative estimate of drug-likeness (QED) is 0.703. The van der Waals surface area contributed by atoms with Crippen LogP contribution >= 0.6 is 0 Å². The maximum absolute atomic E-state index is 13.3. The van der Waals surface area contributed by atoms with Crippen LogP contribution in [0.4, 0.5) is 11.4 Å². The van der Waals surface area contributed by atoms with Crippen molar-refractivity contribution in [1.29, 1.82) is 0 Å². The summed E-state index contributed by atoms with van der Waals surface area (Å²) in [4.78, 5) is 15.0. The summed E-state index contributed by atoms with van der Waals surface area (Å²) in [6.45, 7) is 3.74. The van der Waals surface area contributed by atoms with E-state index in [1.807, 2.05) is 80.6 Å². The third-order valence-electron chi connectivity index (χ3n) is 4.79. The molecule has 0 radical (unpaired) electrons. The Morgan fingerprint density at radius 1 is 0.923 bits per heavy atom. The summed E-state index contributed by atoms with van der Waals surface area (Å²) in [7, 11) is 0. The van der Waals surface area contributed by atoms with Crippen molar-refractivity contribution >= 4 is 17.3 Å². The molecule has 0 unspecified atom stereocenters. The van der Waals surface area contributed by atoms with Crippen molar-refractivity contribution in [3.05, 3.63) is 89.0 Å². The minimum atomic E-state index is -0.349. The minimum absolute atomic E-state index is 0.0427. The number of nitrogens with one attached hydrogen (secondary N) is 1. The van der Waals surface area contributed by atoms with Crippen molar-refractivity contribution in [1.82, 2.24) is 0 Å². The summed E-state index contributed by atoms with van der Waals surface area (Å²) in [5, 5.41) is 13.6. The van der Waals surface area contributed by atoms with Gasteiger partial charge in [-0.15, -0.1) is 0 Å². The average Bonchev–Trinajstić information content (AvgIpc) is 2.66. The zero-order valence-electron chi connectivity index (χ0n) is 14.7. The van der Waals surface area contributed by atoms with Crippen molar-refractivity contribution < 1.29 is 9.90 Å². The number of aromatic hydroxyl groups is 1. The number of amides is 1. The second-order valence-electron chi connectivity index (χ2n) is 6.61. The molecule has 3 aromatic carbocycles. The molecule has 0 saturated heterocycles. The Kier molecular flexibility index (Phi) is 3.88. The zero-order chi connectivity index (χ0) is 18.3. The SMILES string of the molecule is Cc1cc([C@@H]2Nc3ccccc3C(=O)N2c2ccccc2)cc(C)c1O. The smallest absolute Gasteiger partial charge is 0.262 e. The minimum Gasteiger partial charge on any atom is -0.507 e. The molecule has 0 aromatic heterocycles. The third-order valence-corrected chi connectivity index (χ3v) is 4.79. The molecule has 1 amide bonds. The van der Waals surface area contributed by atoms with E-state index in [4.69, 9.17) is 0 Å². The van der Waals surface area contributed by atoms with E-state index >= 15 is 0 Å². The second kappa shape index (κ2) is 6.23. The molecule has 0 saturated carbocycles. The van der Waals surface area contributed by atoms with Crippen LogP contribution in [0.5, 0.6) is 5.75 Å². The summed E-state index contributed by atoms with van der Waals surface area (Å²) >= 11 is 0. The standard InChI is InChI=1S/C22H20N2O2/c1-14-12-16(13-15(2)20(14)25)21-23-19-11-7-6-10-18(19)22(26)24(21)17-8-4-3-5-9-17/h3-13,21,23,25H,1-2H3/t21-/m1/s1. The molecule has 4 nitrogen and oxygen atoms in total. The van der Waals surface area contributed by atoms with Gasteiger partial charge in [0.25, 0.3) is 5.91 Å². The van der Waals surface area contributed by atoms with Crippen LogP contribution < -0.4 is 10.2 Å². The van der Waals surface area contributed by atoms with Gasteiger partial charge < -0.3 is 10.4 Å². The van der Waals surface area contributed by atoms with Gasteiger partial charge in [-0.05, 0) is 66.9 Å². The molecule has 0 spiro atoms. The molecular weight excluding hydrogens is 324 g/mol. The summed E-state index contributed by atoms with van der Waals surface area (Å²) in [6.07, 6.45) is -0.349. The Balaban J connectivity index is 1.89. The zero-order valence-corrected chi connectivity index (χ0v) is 14.7. The van der Waals surface area contributed by atoms with Crippen LogP contribution in [0.1, 0.15) is 33.2 Å². The van der Waals surface area contributed by atoms with Gasteiger partial charge in [0.1, 0.15) is 11.9 Å². The van der Waals surface area contributed by atoms with Crippen LogP contribution in [-0.2, 0) is 0 Å². The number of para-hydroxylation sites is 2. The Labute approximate surface area is 152 Å². The monoisotopic (exact) mass is 344 g/mol. The number of nitrogens with zero attached hydrogens (tertiary/aromatic N) is 1. The first-order valence-electron chi connectivity index (χ1n) is 8.60. The van der Waals surface area contributed by atoms with Crippen LogP contribution in [0, 0.1) is 13.8 Å². The second-order valence-corrected chi connectivity index (χ2v) is 6.61. The molecule has 0 fully saturated rings. The lowest BCUT2D eigenvalue weighted by Gasteiger charge is -2.38. The van der Waals surface area contributed by atoms with E-state index < -0.39 is 0 Å². The predicted molar refractivity (Wildman–Crippen MR) is 104 cm³/mol. The molecule has 1 atom stereocenters. The number of rotatable bonds is 2. The van der Waals surface area contributed by atoms with Crippen LogP contribution in [0.3, 0.4) is 0 Å². The Bertz CT molecular complexity index is 959. The van der Waals surface area contributed by atoms with Gasteiger partial charge in [0.05, 0.1) is 5.56 Å². The van der Waals surface area contributed by atoms with Gasteiger partial charge >= 0.3 is 0 Å². The number of anilines is 2.